The van der Waals surface area contributed by atoms with Gasteiger partial charge in [-0.2, -0.15) is 0 Å². The van der Waals surface area contributed by atoms with E-state index in [4.69, 9.17) is 10.5 Å². The van der Waals surface area contributed by atoms with Gasteiger partial charge in [0.05, 0.1) is 0 Å². The van der Waals surface area contributed by atoms with Crippen LogP contribution in [0, 0.1) is 0 Å². The van der Waals surface area contributed by atoms with E-state index in [0.717, 1.165) is 17.9 Å². The molecule has 3 nitrogen and oxygen atoms in total. The van der Waals surface area contributed by atoms with E-state index in [9.17, 15) is 0 Å². The van der Waals surface area contributed by atoms with Gasteiger partial charge in [-0.1, -0.05) is 6.42 Å². The molecule has 0 aromatic heterocycles. The van der Waals surface area contributed by atoms with Crippen molar-refractivity contribution in [2.45, 2.75) is 45.1 Å². The Morgan fingerprint density at radius 2 is 1.88 bits per heavy atom. The molecule has 0 radical (unpaired) electrons. The first-order chi connectivity index (χ1) is 8.24. The van der Waals surface area contributed by atoms with Gasteiger partial charge < -0.3 is 10.5 Å². The fourth-order valence-corrected chi connectivity index (χ4v) is 2.59. The lowest BCUT2D eigenvalue weighted by Gasteiger charge is -2.22. The van der Waals surface area contributed by atoms with Gasteiger partial charge in [0, 0.05) is 0 Å². The third-order valence-corrected chi connectivity index (χ3v) is 3.64. The van der Waals surface area contributed by atoms with Crippen LogP contribution in [0.3, 0.4) is 0 Å². The third kappa shape index (κ3) is 1.90. The maximum absolute atomic E-state index is 5.83. The van der Waals surface area contributed by atoms with Crippen molar-refractivity contribution in [1.82, 2.24) is 0 Å². The third-order valence-electron chi connectivity index (χ3n) is 3.64. The van der Waals surface area contributed by atoms with Crippen molar-refractivity contribution in [2.75, 3.05) is 0 Å². The molecular weight excluding hydrogens is 212 g/mol. The summed E-state index contributed by atoms with van der Waals surface area (Å²) in [5.74, 6) is 1.47. The van der Waals surface area contributed by atoms with Crippen LogP contribution in [-0.2, 0) is 12.8 Å². The Kier molecular flexibility index (Phi) is 2.54. The second kappa shape index (κ2) is 4.06. The molecule has 0 saturated carbocycles. The number of benzene rings is 1. The highest BCUT2D eigenvalue weighted by atomic mass is 16.5. The smallest absolute Gasteiger partial charge is 0.153 e. The minimum Gasteiger partial charge on any atom is -0.481 e. The minimum absolute atomic E-state index is 0.105. The molecular formula is C14H18N2O. The number of aliphatic imine (C=N–C) groups is 1. The Morgan fingerprint density at radius 3 is 2.65 bits per heavy atom. The summed E-state index contributed by atoms with van der Waals surface area (Å²) < 4.78 is 5.80. The van der Waals surface area contributed by atoms with E-state index < -0.39 is 0 Å². The highest BCUT2D eigenvalue weighted by Crippen LogP contribution is 2.36. The molecule has 3 rings (SSSR count). The first-order valence-corrected chi connectivity index (χ1v) is 6.40. The van der Waals surface area contributed by atoms with Crippen molar-refractivity contribution in [3.63, 3.8) is 0 Å². The lowest BCUT2D eigenvalue weighted by atomic mass is 10.0. The van der Waals surface area contributed by atoms with Gasteiger partial charge in [0.1, 0.15) is 17.3 Å². The maximum Gasteiger partial charge on any atom is 0.153 e. The van der Waals surface area contributed by atoms with E-state index >= 15 is 0 Å². The molecule has 0 spiro atoms. The quantitative estimate of drug-likeness (QED) is 0.697. The Hall–Kier alpha value is -1.51. The van der Waals surface area contributed by atoms with Gasteiger partial charge in [-0.15, -0.1) is 0 Å². The van der Waals surface area contributed by atoms with Gasteiger partial charge in [0.15, 0.2) is 6.10 Å². The molecule has 1 heterocycles. The van der Waals surface area contributed by atoms with Crippen LogP contribution in [0.5, 0.6) is 5.75 Å². The van der Waals surface area contributed by atoms with Crippen molar-refractivity contribution >= 4 is 11.5 Å². The number of aryl methyl sites for hydroxylation is 2. The van der Waals surface area contributed by atoms with Gasteiger partial charge in [-0.3, -0.25) is 0 Å². The summed E-state index contributed by atoms with van der Waals surface area (Å²) in [7, 11) is 0. The normalized spacial score (nSPS) is 22.9. The number of hydrogen-bond donors (Lipinski definition) is 1. The summed E-state index contributed by atoms with van der Waals surface area (Å²) in [6.07, 6.45) is 6.11. The summed E-state index contributed by atoms with van der Waals surface area (Å²) in [4.78, 5) is 4.43. The molecule has 0 fully saturated rings. The van der Waals surface area contributed by atoms with Gasteiger partial charge in [0.2, 0.25) is 0 Å². The molecule has 0 amide bonds. The van der Waals surface area contributed by atoms with Crippen molar-refractivity contribution in [3.8, 4) is 5.75 Å². The van der Waals surface area contributed by atoms with Gasteiger partial charge in [-0.05, 0) is 55.9 Å². The molecule has 1 unspecified atom stereocenters. The monoisotopic (exact) mass is 230 g/mol. The molecule has 1 aromatic carbocycles. The molecule has 0 saturated heterocycles. The van der Waals surface area contributed by atoms with E-state index in [0.29, 0.717) is 5.84 Å². The number of rotatable bonds is 0. The Bertz CT molecular complexity index is 479. The predicted molar refractivity (Wildman–Crippen MR) is 69.1 cm³/mol. The summed E-state index contributed by atoms with van der Waals surface area (Å²) in [6.45, 7) is 1.94. The van der Waals surface area contributed by atoms with Crippen LogP contribution in [0.15, 0.2) is 17.1 Å². The molecule has 17 heavy (non-hydrogen) atoms. The first kappa shape index (κ1) is 10.6. The largest absolute Gasteiger partial charge is 0.481 e. The lowest BCUT2D eigenvalue weighted by Crippen LogP contribution is -2.33. The van der Waals surface area contributed by atoms with E-state index in [-0.39, 0.29) is 6.10 Å². The molecule has 1 aromatic rings. The zero-order valence-corrected chi connectivity index (χ0v) is 10.2. The summed E-state index contributed by atoms with van der Waals surface area (Å²) in [5, 5.41) is 0. The Labute approximate surface area is 102 Å². The number of nitrogens with two attached hydrogens (primary N) is 1. The van der Waals surface area contributed by atoms with Crippen molar-refractivity contribution < 1.29 is 4.74 Å². The molecule has 3 heteroatoms. The standard InChI is InChI=1S/C14H18N2O/c1-9-14(15)16-12-7-10-5-3-2-4-6-11(10)8-13(12)17-9/h7-9H,2-6H2,1H3,(H2,15,16). The van der Waals surface area contributed by atoms with Crippen molar-refractivity contribution in [3.05, 3.63) is 23.3 Å². The second-order valence-corrected chi connectivity index (χ2v) is 4.95. The summed E-state index contributed by atoms with van der Waals surface area (Å²) in [6, 6.07) is 4.33. The molecule has 1 aliphatic heterocycles. The topological polar surface area (TPSA) is 47.6 Å². The highest BCUT2D eigenvalue weighted by Gasteiger charge is 2.20. The molecule has 1 aliphatic carbocycles. The van der Waals surface area contributed by atoms with Crippen molar-refractivity contribution in [2.24, 2.45) is 10.7 Å². The number of hydrogen-bond acceptors (Lipinski definition) is 3. The molecule has 2 N–H and O–H groups in total. The van der Waals surface area contributed by atoms with Crippen LogP contribution < -0.4 is 10.5 Å². The predicted octanol–water partition coefficient (Wildman–Crippen LogP) is 2.73. The molecule has 90 valence electrons. The fourth-order valence-electron chi connectivity index (χ4n) is 2.59. The zero-order valence-electron chi connectivity index (χ0n) is 10.2. The first-order valence-electron chi connectivity index (χ1n) is 6.40. The summed E-state index contributed by atoms with van der Waals surface area (Å²) in [5.41, 5.74) is 9.59. The van der Waals surface area contributed by atoms with Crippen LogP contribution in [0.1, 0.15) is 37.3 Å². The molecule has 0 bridgehead atoms. The SMILES string of the molecule is CC1Oc2cc3c(cc2N=C1N)CCCCC3. The maximum atomic E-state index is 5.83. The number of fused-ring (bicyclic) bond motifs is 2. The highest BCUT2D eigenvalue weighted by molar-refractivity contribution is 5.89. The zero-order chi connectivity index (χ0) is 11.8. The van der Waals surface area contributed by atoms with Crippen LogP contribution in [-0.4, -0.2) is 11.9 Å². The van der Waals surface area contributed by atoms with Gasteiger partial charge in [-0.25, -0.2) is 4.99 Å². The number of nitrogens with zero attached hydrogens (tertiary/aromatic N) is 1. The fraction of sp³-hybridized carbons (Fsp3) is 0.500. The number of amidine groups is 1. The van der Waals surface area contributed by atoms with E-state index in [1.54, 1.807) is 0 Å². The molecule has 1 atom stereocenters. The van der Waals surface area contributed by atoms with Crippen LogP contribution in [0.2, 0.25) is 0 Å². The van der Waals surface area contributed by atoms with E-state index in [1.807, 2.05) is 6.92 Å². The lowest BCUT2D eigenvalue weighted by molar-refractivity contribution is 0.281. The van der Waals surface area contributed by atoms with Crippen LogP contribution in [0.4, 0.5) is 5.69 Å². The van der Waals surface area contributed by atoms with Crippen molar-refractivity contribution in [1.29, 1.82) is 0 Å². The van der Waals surface area contributed by atoms with Gasteiger partial charge >= 0.3 is 0 Å². The Balaban J connectivity index is 2.06. The van der Waals surface area contributed by atoms with E-state index in [2.05, 4.69) is 17.1 Å². The number of ether oxygens (including phenoxy) is 1. The average Bonchev–Trinajstić information content (AvgIpc) is 2.53. The minimum atomic E-state index is -0.105. The average molecular weight is 230 g/mol. The van der Waals surface area contributed by atoms with E-state index in [1.165, 1.54) is 36.8 Å². The summed E-state index contributed by atoms with van der Waals surface area (Å²) >= 11 is 0. The van der Waals surface area contributed by atoms with Crippen LogP contribution in [0.25, 0.3) is 0 Å². The van der Waals surface area contributed by atoms with Crippen LogP contribution >= 0.6 is 0 Å². The Morgan fingerprint density at radius 1 is 1.18 bits per heavy atom. The van der Waals surface area contributed by atoms with Gasteiger partial charge in [0.25, 0.3) is 0 Å². The molecule has 2 aliphatic rings. The second-order valence-electron chi connectivity index (χ2n) is 4.95.